The van der Waals surface area contributed by atoms with E-state index in [4.69, 9.17) is 37.9 Å². The van der Waals surface area contributed by atoms with Gasteiger partial charge in [-0.1, -0.05) is 0 Å². The maximum atomic E-state index is 11.7. The van der Waals surface area contributed by atoms with Crippen molar-refractivity contribution in [1.82, 2.24) is 0 Å². The number of ether oxygens (including phenoxy) is 8. The Morgan fingerprint density at radius 3 is 1.93 bits per heavy atom. The Morgan fingerprint density at radius 1 is 0.926 bits per heavy atom. The van der Waals surface area contributed by atoms with Crippen LogP contribution in [0.25, 0.3) is 0 Å². The third kappa shape index (κ3) is 4.25. The highest BCUT2D eigenvalue weighted by molar-refractivity contribution is 5.66. The summed E-state index contributed by atoms with van der Waals surface area (Å²) in [6.45, 7) is 5.69. The normalized spacial score (nSPS) is 41.5. The minimum absolute atomic E-state index is 0.148. The first-order chi connectivity index (χ1) is 12.6. The fourth-order valence-electron chi connectivity index (χ4n) is 3.20. The summed E-state index contributed by atoms with van der Waals surface area (Å²) in [7, 11) is 4.35. The van der Waals surface area contributed by atoms with Gasteiger partial charge in [0.25, 0.3) is 0 Å². The lowest BCUT2D eigenvalue weighted by molar-refractivity contribution is -0.483. The summed E-state index contributed by atoms with van der Waals surface area (Å²) in [5, 5.41) is 0. The molecule has 10 heteroatoms. The first kappa shape index (κ1) is 22.0. The van der Waals surface area contributed by atoms with E-state index in [2.05, 4.69) is 0 Å². The van der Waals surface area contributed by atoms with Crippen molar-refractivity contribution in [2.45, 2.75) is 70.0 Å². The maximum Gasteiger partial charge on any atom is 0.303 e. The second-order valence-corrected chi connectivity index (χ2v) is 6.62. The largest absolute Gasteiger partial charge is 0.463 e. The first-order valence-electron chi connectivity index (χ1n) is 8.55. The van der Waals surface area contributed by atoms with Gasteiger partial charge in [0.2, 0.25) is 11.6 Å². The minimum atomic E-state index is -1.32. The molecule has 10 nitrogen and oxygen atoms in total. The lowest BCUT2D eigenvalue weighted by Gasteiger charge is -2.56. The van der Waals surface area contributed by atoms with Crippen molar-refractivity contribution in [1.29, 1.82) is 0 Å². The van der Waals surface area contributed by atoms with Gasteiger partial charge in [-0.15, -0.1) is 0 Å². The molecule has 0 amide bonds. The summed E-state index contributed by atoms with van der Waals surface area (Å²) in [4.78, 5) is 22.9. The number of esters is 2. The Kier molecular flexibility index (Phi) is 6.82. The quantitative estimate of drug-likeness (QED) is 0.588. The van der Waals surface area contributed by atoms with Crippen LogP contribution in [0.3, 0.4) is 0 Å². The number of methoxy groups -OCH3 is 3. The highest BCUT2D eigenvalue weighted by Gasteiger charge is 2.63. The topological polar surface area (TPSA) is 108 Å². The Balaban J connectivity index is 2.38. The summed E-state index contributed by atoms with van der Waals surface area (Å²) in [6.07, 6.45) is -4.23. The van der Waals surface area contributed by atoms with Crippen LogP contribution in [-0.2, 0) is 47.5 Å². The molecular weight excluding hydrogens is 364 g/mol. The lowest BCUT2D eigenvalue weighted by atomic mass is 9.94. The predicted molar refractivity (Wildman–Crippen MR) is 88.4 cm³/mol. The van der Waals surface area contributed by atoms with E-state index < -0.39 is 54.2 Å². The van der Waals surface area contributed by atoms with Crippen LogP contribution < -0.4 is 0 Å². The van der Waals surface area contributed by atoms with E-state index in [1.807, 2.05) is 0 Å². The van der Waals surface area contributed by atoms with Crippen molar-refractivity contribution >= 4 is 11.9 Å². The highest BCUT2D eigenvalue weighted by Crippen LogP contribution is 2.44. The molecular formula is C17H28O10. The molecule has 0 aromatic heterocycles. The van der Waals surface area contributed by atoms with Crippen LogP contribution in [0, 0.1) is 0 Å². The molecule has 0 spiro atoms. The molecule has 27 heavy (non-hydrogen) atoms. The zero-order valence-corrected chi connectivity index (χ0v) is 16.7. The molecule has 0 aromatic carbocycles. The first-order valence-corrected chi connectivity index (χ1v) is 8.55. The zero-order chi connectivity index (χ0) is 20.4. The van der Waals surface area contributed by atoms with Gasteiger partial charge in [0.1, 0.15) is 24.9 Å². The highest BCUT2D eigenvalue weighted by atomic mass is 16.8. The van der Waals surface area contributed by atoms with E-state index in [1.165, 1.54) is 35.2 Å². The van der Waals surface area contributed by atoms with Gasteiger partial charge in [0.15, 0.2) is 12.4 Å². The number of hydrogen-bond donors (Lipinski definition) is 0. The van der Waals surface area contributed by atoms with E-state index in [-0.39, 0.29) is 6.61 Å². The third-order valence-corrected chi connectivity index (χ3v) is 4.90. The Labute approximate surface area is 158 Å². The molecule has 2 heterocycles. The van der Waals surface area contributed by atoms with E-state index in [0.717, 1.165) is 0 Å². The Bertz CT molecular complexity index is 554. The SMILES string of the molecule is CO[C@@H]1OC(COC(C)=O)[C@@H](OC(C)=O)C2OC(C)(OC)C(C)(OC)OC21. The lowest BCUT2D eigenvalue weighted by Crippen LogP contribution is -2.73. The van der Waals surface area contributed by atoms with Gasteiger partial charge in [-0.25, -0.2) is 0 Å². The average molecular weight is 392 g/mol. The Morgan fingerprint density at radius 2 is 1.48 bits per heavy atom. The summed E-state index contributed by atoms with van der Waals surface area (Å²) >= 11 is 0. The van der Waals surface area contributed by atoms with Crippen molar-refractivity contribution in [3.8, 4) is 0 Å². The van der Waals surface area contributed by atoms with Gasteiger partial charge in [-0.3, -0.25) is 9.59 Å². The van der Waals surface area contributed by atoms with Crippen LogP contribution in [0.4, 0.5) is 0 Å². The van der Waals surface area contributed by atoms with Crippen LogP contribution >= 0.6 is 0 Å². The molecule has 0 bridgehead atoms. The van der Waals surface area contributed by atoms with E-state index >= 15 is 0 Å². The van der Waals surface area contributed by atoms with Crippen molar-refractivity contribution in [2.24, 2.45) is 0 Å². The van der Waals surface area contributed by atoms with Crippen molar-refractivity contribution < 1.29 is 47.5 Å². The molecule has 0 radical (unpaired) electrons. The summed E-state index contributed by atoms with van der Waals surface area (Å²) in [6, 6.07) is 0. The predicted octanol–water partition coefficient (Wildman–Crippen LogP) is 0.362. The summed E-state index contributed by atoms with van der Waals surface area (Å²) < 4.78 is 45.0. The molecule has 0 saturated carbocycles. The smallest absolute Gasteiger partial charge is 0.303 e. The molecule has 5 unspecified atom stereocenters. The molecule has 7 atom stereocenters. The molecule has 0 aromatic rings. The van der Waals surface area contributed by atoms with Crippen LogP contribution in [0.5, 0.6) is 0 Å². The molecule has 2 saturated heterocycles. The van der Waals surface area contributed by atoms with Gasteiger partial charge in [0, 0.05) is 35.2 Å². The molecule has 2 rings (SSSR count). The van der Waals surface area contributed by atoms with Gasteiger partial charge in [-0.2, -0.15) is 0 Å². The van der Waals surface area contributed by atoms with E-state index in [0.29, 0.717) is 0 Å². The fraction of sp³-hybridized carbons (Fsp3) is 0.882. The van der Waals surface area contributed by atoms with Crippen molar-refractivity contribution in [3.05, 3.63) is 0 Å². The Hall–Kier alpha value is -1.30. The molecule has 0 N–H and O–H groups in total. The number of hydrogen-bond acceptors (Lipinski definition) is 10. The van der Waals surface area contributed by atoms with E-state index in [9.17, 15) is 9.59 Å². The zero-order valence-electron chi connectivity index (χ0n) is 16.7. The molecule has 2 fully saturated rings. The monoisotopic (exact) mass is 392 g/mol. The number of rotatable bonds is 6. The third-order valence-electron chi connectivity index (χ3n) is 4.90. The fourth-order valence-corrected chi connectivity index (χ4v) is 3.20. The second kappa shape index (κ2) is 8.38. The standard InChI is InChI=1S/C17H28O10/c1-9(18)23-8-11-12(24-10(2)19)13-14(15(20-5)25-11)27-17(4,22-7)16(3,21-6)26-13/h11-15H,8H2,1-7H3/t11?,12-,13?,14?,15-,16?,17?/m1/s1. The molecule has 156 valence electrons. The van der Waals surface area contributed by atoms with E-state index in [1.54, 1.807) is 13.8 Å². The average Bonchev–Trinajstić information content (AvgIpc) is 2.61. The van der Waals surface area contributed by atoms with Crippen LogP contribution in [0.15, 0.2) is 0 Å². The number of carbonyl (C=O) groups is 2. The van der Waals surface area contributed by atoms with Gasteiger partial charge < -0.3 is 37.9 Å². The van der Waals surface area contributed by atoms with Crippen LogP contribution in [0.1, 0.15) is 27.7 Å². The maximum absolute atomic E-state index is 11.7. The minimum Gasteiger partial charge on any atom is -0.463 e. The van der Waals surface area contributed by atoms with Gasteiger partial charge in [-0.05, 0) is 13.8 Å². The molecule has 0 aliphatic carbocycles. The van der Waals surface area contributed by atoms with Crippen LogP contribution in [-0.4, -0.2) is 82.2 Å². The van der Waals surface area contributed by atoms with Crippen LogP contribution in [0.2, 0.25) is 0 Å². The van der Waals surface area contributed by atoms with Crippen molar-refractivity contribution in [3.63, 3.8) is 0 Å². The molecule has 2 aliphatic rings. The summed E-state index contributed by atoms with van der Waals surface area (Å²) in [5.74, 6) is -3.64. The van der Waals surface area contributed by atoms with Crippen molar-refractivity contribution in [2.75, 3.05) is 27.9 Å². The number of fused-ring (bicyclic) bond motifs is 1. The second-order valence-electron chi connectivity index (χ2n) is 6.62. The summed E-state index contributed by atoms with van der Waals surface area (Å²) in [5.41, 5.74) is 0. The molecule has 2 aliphatic heterocycles. The number of carbonyl (C=O) groups excluding carboxylic acids is 2. The van der Waals surface area contributed by atoms with Gasteiger partial charge >= 0.3 is 11.9 Å². The van der Waals surface area contributed by atoms with Gasteiger partial charge in [0.05, 0.1) is 0 Å².